The highest BCUT2D eigenvalue weighted by Crippen LogP contribution is 2.20. The number of rotatable bonds is 3. The molecule has 0 atom stereocenters. The van der Waals surface area contributed by atoms with Gasteiger partial charge >= 0.3 is 5.97 Å². The predicted molar refractivity (Wildman–Crippen MR) is 65.4 cm³/mol. The largest absolute Gasteiger partial charge is 0.461 e. The lowest BCUT2D eigenvalue weighted by Crippen LogP contribution is -2.09. The van der Waals surface area contributed by atoms with Gasteiger partial charge in [-0.05, 0) is 13.8 Å². The van der Waals surface area contributed by atoms with Gasteiger partial charge in [-0.2, -0.15) is 5.10 Å². The maximum atomic E-state index is 11.7. The van der Waals surface area contributed by atoms with Crippen molar-refractivity contribution in [2.45, 2.75) is 13.8 Å². The van der Waals surface area contributed by atoms with Gasteiger partial charge in [-0.15, -0.1) is 0 Å². The molecule has 0 saturated carbocycles. The van der Waals surface area contributed by atoms with Crippen molar-refractivity contribution >= 4 is 11.8 Å². The second-order valence-corrected chi connectivity index (χ2v) is 3.82. The second-order valence-electron chi connectivity index (χ2n) is 3.82. The first kappa shape index (κ1) is 12.2. The summed E-state index contributed by atoms with van der Waals surface area (Å²) in [7, 11) is 1.80. The average molecular weight is 249 g/mol. The van der Waals surface area contributed by atoms with Crippen LogP contribution in [0.25, 0.3) is 5.69 Å². The summed E-state index contributed by atoms with van der Waals surface area (Å²) in [4.78, 5) is 15.8. The molecular weight excluding hydrogens is 234 g/mol. The Morgan fingerprint density at radius 1 is 1.56 bits per heavy atom. The van der Waals surface area contributed by atoms with E-state index in [1.54, 1.807) is 42.5 Å². The molecule has 0 spiro atoms. The highest BCUT2D eigenvalue weighted by molar-refractivity contribution is 5.92. The smallest absolute Gasteiger partial charge is 0.360 e. The van der Waals surface area contributed by atoms with Crippen LogP contribution in [0.15, 0.2) is 12.4 Å². The number of anilines is 1. The third-order valence-electron chi connectivity index (χ3n) is 2.50. The van der Waals surface area contributed by atoms with E-state index in [-0.39, 0.29) is 18.1 Å². The van der Waals surface area contributed by atoms with Gasteiger partial charge in [-0.3, -0.25) is 9.25 Å². The van der Waals surface area contributed by atoms with Crippen molar-refractivity contribution in [2.24, 2.45) is 7.05 Å². The zero-order valence-corrected chi connectivity index (χ0v) is 10.5. The first-order valence-corrected chi connectivity index (χ1v) is 5.55. The van der Waals surface area contributed by atoms with E-state index in [1.807, 2.05) is 0 Å². The van der Waals surface area contributed by atoms with Crippen LogP contribution in [0.1, 0.15) is 23.2 Å². The number of nitrogens with zero attached hydrogens (tertiary/aromatic N) is 4. The van der Waals surface area contributed by atoms with Crippen LogP contribution < -0.4 is 5.73 Å². The summed E-state index contributed by atoms with van der Waals surface area (Å²) in [5.74, 6) is 0.364. The molecule has 0 aliphatic heterocycles. The van der Waals surface area contributed by atoms with Crippen LogP contribution in [-0.4, -0.2) is 31.9 Å². The summed E-state index contributed by atoms with van der Waals surface area (Å²) >= 11 is 0. The molecular formula is C11H15N5O2. The van der Waals surface area contributed by atoms with Crippen molar-refractivity contribution in [3.63, 3.8) is 0 Å². The lowest BCUT2D eigenvalue weighted by Gasteiger charge is -2.03. The van der Waals surface area contributed by atoms with E-state index in [0.29, 0.717) is 5.82 Å². The fraction of sp³-hybridized carbons (Fsp3) is 0.364. The van der Waals surface area contributed by atoms with Crippen molar-refractivity contribution < 1.29 is 9.53 Å². The SMILES string of the molecule is CCOC(=O)c1nc(C)n(-c2cnn(C)c2)c1N. The molecule has 0 fully saturated rings. The third-order valence-corrected chi connectivity index (χ3v) is 2.50. The lowest BCUT2D eigenvalue weighted by atomic mass is 10.4. The number of aryl methyl sites for hydroxylation is 2. The van der Waals surface area contributed by atoms with E-state index >= 15 is 0 Å². The molecule has 2 rings (SSSR count). The van der Waals surface area contributed by atoms with Crippen LogP contribution in [0, 0.1) is 6.92 Å². The van der Waals surface area contributed by atoms with Gasteiger partial charge in [0.25, 0.3) is 0 Å². The molecule has 96 valence electrons. The number of ether oxygens (including phenoxy) is 1. The molecule has 0 saturated heterocycles. The van der Waals surface area contributed by atoms with E-state index in [1.165, 1.54) is 0 Å². The predicted octanol–water partition coefficient (Wildman–Crippen LogP) is 0.673. The van der Waals surface area contributed by atoms with Crippen molar-refractivity contribution in [3.05, 3.63) is 23.9 Å². The molecule has 7 heteroatoms. The molecule has 2 aromatic heterocycles. The number of aromatic nitrogens is 4. The van der Waals surface area contributed by atoms with Crippen molar-refractivity contribution in [1.82, 2.24) is 19.3 Å². The number of esters is 1. The molecule has 2 aromatic rings. The molecule has 0 aliphatic carbocycles. The van der Waals surface area contributed by atoms with Crippen LogP contribution in [-0.2, 0) is 11.8 Å². The topological polar surface area (TPSA) is 88.0 Å². The summed E-state index contributed by atoms with van der Waals surface area (Å²) in [5, 5.41) is 4.06. The van der Waals surface area contributed by atoms with E-state index in [0.717, 1.165) is 5.69 Å². The second kappa shape index (κ2) is 4.52. The van der Waals surface area contributed by atoms with Crippen LogP contribution in [0.3, 0.4) is 0 Å². The molecule has 0 aromatic carbocycles. The molecule has 18 heavy (non-hydrogen) atoms. The van der Waals surface area contributed by atoms with Gasteiger partial charge in [-0.25, -0.2) is 9.78 Å². The fourth-order valence-corrected chi connectivity index (χ4v) is 1.75. The number of imidazole rings is 1. The number of nitrogens with two attached hydrogens (primary N) is 1. The quantitative estimate of drug-likeness (QED) is 0.808. The maximum absolute atomic E-state index is 11.7. The normalized spacial score (nSPS) is 10.6. The van der Waals surface area contributed by atoms with Crippen molar-refractivity contribution in [1.29, 1.82) is 0 Å². The monoisotopic (exact) mass is 249 g/mol. The Morgan fingerprint density at radius 2 is 2.28 bits per heavy atom. The van der Waals surface area contributed by atoms with Gasteiger partial charge in [0.05, 0.1) is 18.5 Å². The molecule has 0 radical (unpaired) electrons. The van der Waals surface area contributed by atoms with Gasteiger partial charge in [0.15, 0.2) is 5.69 Å². The number of carbonyl (C=O) groups excluding carboxylic acids is 1. The number of hydrogen-bond donors (Lipinski definition) is 1. The Kier molecular flexibility index (Phi) is 3.05. The Morgan fingerprint density at radius 3 is 2.83 bits per heavy atom. The van der Waals surface area contributed by atoms with Gasteiger partial charge in [0.1, 0.15) is 11.6 Å². The number of nitrogen functional groups attached to an aromatic ring is 1. The summed E-state index contributed by atoms with van der Waals surface area (Å²) in [6.45, 7) is 3.79. The Balaban J connectivity index is 2.47. The third kappa shape index (κ3) is 1.94. The highest BCUT2D eigenvalue weighted by atomic mass is 16.5. The molecule has 0 unspecified atom stereocenters. The zero-order valence-electron chi connectivity index (χ0n) is 10.5. The minimum atomic E-state index is -0.513. The molecule has 0 aliphatic rings. The first-order chi connectivity index (χ1) is 8.54. The lowest BCUT2D eigenvalue weighted by molar-refractivity contribution is 0.0521. The van der Waals surface area contributed by atoms with Crippen LogP contribution in [0.2, 0.25) is 0 Å². The van der Waals surface area contributed by atoms with Crippen LogP contribution >= 0.6 is 0 Å². The summed E-state index contributed by atoms with van der Waals surface area (Å²) in [6, 6.07) is 0. The van der Waals surface area contributed by atoms with Gasteiger partial charge < -0.3 is 10.5 Å². The molecule has 0 amide bonds. The van der Waals surface area contributed by atoms with Gasteiger partial charge in [-0.1, -0.05) is 0 Å². The van der Waals surface area contributed by atoms with E-state index in [4.69, 9.17) is 10.5 Å². The molecule has 2 heterocycles. The van der Waals surface area contributed by atoms with Gasteiger partial charge in [0.2, 0.25) is 0 Å². The maximum Gasteiger partial charge on any atom is 0.360 e. The summed E-state index contributed by atoms with van der Waals surface area (Å²) < 4.78 is 8.22. The molecule has 2 N–H and O–H groups in total. The Labute approximate surface area is 104 Å². The average Bonchev–Trinajstić information content (AvgIpc) is 2.83. The summed E-state index contributed by atoms with van der Waals surface area (Å²) in [6.07, 6.45) is 3.44. The van der Waals surface area contributed by atoms with Crippen LogP contribution in [0.5, 0.6) is 0 Å². The summed E-state index contributed by atoms with van der Waals surface area (Å²) in [5.41, 5.74) is 6.84. The van der Waals surface area contributed by atoms with Crippen molar-refractivity contribution in [2.75, 3.05) is 12.3 Å². The Bertz CT molecular complexity index is 584. The Hall–Kier alpha value is -2.31. The molecule has 0 bridgehead atoms. The van der Waals surface area contributed by atoms with E-state index in [2.05, 4.69) is 10.1 Å². The van der Waals surface area contributed by atoms with E-state index < -0.39 is 5.97 Å². The number of hydrogen-bond acceptors (Lipinski definition) is 5. The zero-order chi connectivity index (χ0) is 13.3. The standard InChI is InChI=1S/C11H15N5O2/c1-4-18-11(17)9-10(12)16(7(2)14-9)8-5-13-15(3)6-8/h5-6H,4,12H2,1-3H3. The van der Waals surface area contributed by atoms with Crippen LogP contribution in [0.4, 0.5) is 5.82 Å². The minimum absolute atomic E-state index is 0.137. The van der Waals surface area contributed by atoms with Gasteiger partial charge in [0, 0.05) is 13.2 Å². The number of carbonyl (C=O) groups is 1. The van der Waals surface area contributed by atoms with E-state index in [9.17, 15) is 4.79 Å². The minimum Gasteiger partial charge on any atom is -0.461 e. The first-order valence-electron chi connectivity index (χ1n) is 5.55. The molecule has 7 nitrogen and oxygen atoms in total. The highest BCUT2D eigenvalue weighted by Gasteiger charge is 2.20. The van der Waals surface area contributed by atoms with Crippen molar-refractivity contribution in [3.8, 4) is 5.69 Å². The fourth-order valence-electron chi connectivity index (χ4n) is 1.75.